The molecule has 0 fully saturated rings. The average molecular weight is 254 g/mol. The predicted molar refractivity (Wildman–Crippen MR) is 76.6 cm³/mol. The van der Waals surface area contributed by atoms with Gasteiger partial charge in [0.1, 0.15) is 0 Å². The summed E-state index contributed by atoms with van der Waals surface area (Å²) in [6.45, 7) is 4.18. The Kier molecular flexibility index (Phi) is 67.3. The van der Waals surface area contributed by atoms with Gasteiger partial charge in [0.15, 0.2) is 0 Å². The first-order valence-corrected chi connectivity index (χ1v) is 5.78. The quantitative estimate of drug-likeness (QED) is 0.136. The standard InChI is InChI=1S/C4H12N2.C3H10N2.C2H8N2.H4N2/c5-3-1-2-4-6;4-2-1-3-5;3-1-2-4;1-2/h1-6H2;1-5H2;1-4H2;1-2H2. The summed E-state index contributed by atoms with van der Waals surface area (Å²) in [5, 5.41) is 0. The zero-order valence-electron chi connectivity index (χ0n) is 11.0. The van der Waals surface area contributed by atoms with E-state index in [9.17, 15) is 0 Å². The lowest BCUT2D eigenvalue weighted by atomic mass is 10.3. The van der Waals surface area contributed by atoms with Gasteiger partial charge in [0, 0.05) is 13.1 Å². The van der Waals surface area contributed by atoms with E-state index in [1.165, 1.54) is 0 Å². The van der Waals surface area contributed by atoms with E-state index in [1.807, 2.05) is 0 Å². The molecule has 0 aromatic carbocycles. The van der Waals surface area contributed by atoms with Crippen LogP contribution in [0.25, 0.3) is 0 Å². The zero-order chi connectivity index (χ0) is 14.4. The Labute approximate surface area is 105 Å². The Morgan fingerprint density at radius 3 is 0.647 bits per heavy atom. The molecule has 0 amide bonds. The van der Waals surface area contributed by atoms with Crippen molar-refractivity contribution in [1.82, 2.24) is 0 Å². The molecule has 8 nitrogen and oxygen atoms in total. The number of nitrogens with two attached hydrogens (primary N) is 8. The average Bonchev–Trinajstić information content (AvgIpc) is 2.40. The molecule has 0 bridgehead atoms. The van der Waals surface area contributed by atoms with Gasteiger partial charge in [-0.15, -0.1) is 0 Å². The number of unbranched alkanes of at least 4 members (excludes halogenated alkanes) is 1. The van der Waals surface area contributed by atoms with E-state index in [0.29, 0.717) is 13.1 Å². The third-order valence-electron chi connectivity index (χ3n) is 1.23. The van der Waals surface area contributed by atoms with E-state index in [0.717, 1.165) is 45.4 Å². The molecule has 0 atom stereocenters. The van der Waals surface area contributed by atoms with E-state index in [4.69, 9.17) is 34.4 Å². The van der Waals surface area contributed by atoms with Crippen molar-refractivity contribution in [1.29, 1.82) is 0 Å². The molecule has 0 rings (SSSR count). The molecular weight excluding hydrogens is 220 g/mol. The van der Waals surface area contributed by atoms with Gasteiger partial charge >= 0.3 is 0 Å². The van der Waals surface area contributed by atoms with Crippen molar-refractivity contribution in [2.45, 2.75) is 19.3 Å². The molecule has 0 aromatic heterocycles. The van der Waals surface area contributed by atoms with E-state index in [1.54, 1.807) is 0 Å². The summed E-state index contributed by atoms with van der Waals surface area (Å²) >= 11 is 0. The van der Waals surface area contributed by atoms with Gasteiger partial charge in [-0.2, -0.15) is 0 Å². The highest BCUT2D eigenvalue weighted by molar-refractivity contribution is 4.38. The number of hydrogen-bond donors (Lipinski definition) is 8. The van der Waals surface area contributed by atoms with E-state index >= 15 is 0 Å². The van der Waals surface area contributed by atoms with Crippen LogP contribution in [0.4, 0.5) is 0 Å². The minimum atomic E-state index is 0.597. The first-order chi connectivity index (χ1) is 8.24. The molecule has 0 saturated carbocycles. The highest BCUT2D eigenvalue weighted by Crippen LogP contribution is 1.77. The summed E-state index contributed by atoms with van der Waals surface area (Å²) < 4.78 is 0. The minimum absolute atomic E-state index is 0.597. The molecule has 0 aliphatic heterocycles. The van der Waals surface area contributed by atoms with Crippen LogP contribution < -0.4 is 46.1 Å². The normalized spacial score (nSPS) is 7.76. The molecule has 0 aliphatic rings. The Morgan fingerprint density at radius 1 is 0.353 bits per heavy atom. The number of hydrogen-bond acceptors (Lipinski definition) is 8. The van der Waals surface area contributed by atoms with E-state index < -0.39 is 0 Å². The Hall–Kier alpha value is -0.320. The van der Waals surface area contributed by atoms with E-state index in [2.05, 4.69) is 11.7 Å². The summed E-state index contributed by atoms with van der Waals surface area (Å²) in [5.74, 6) is 8.00. The Bertz CT molecular complexity index is 66.0. The molecule has 0 unspecified atom stereocenters. The lowest BCUT2D eigenvalue weighted by molar-refractivity contribution is 0.755. The maximum absolute atomic E-state index is 5.16. The van der Waals surface area contributed by atoms with Crippen molar-refractivity contribution in [3.8, 4) is 0 Å². The Balaban J connectivity index is -0.0000000705. The number of hydrazine groups is 1. The fraction of sp³-hybridized carbons (Fsp3) is 1.00. The van der Waals surface area contributed by atoms with Crippen LogP contribution >= 0.6 is 0 Å². The second-order valence-electron chi connectivity index (χ2n) is 2.79. The van der Waals surface area contributed by atoms with Crippen LogP contribution in [0.3, 0.4) is 0 Å². The molecule has 17 heavy (non-hydrogen) atoms. The zero-order valence-corrected chi connectivity index (χ0v) is 11.0. The molecule has 0 heterocycles. The van der Waals surface area contributed by atoms with Crippen molar-refractivity contribution in [3.05, 3.63) is 0 Å². The van der Waals surface area contributed by atoms with Gasteiger partial charge in [-0.05, 0) is 45.4 Å². The molecule has 0 aliphatic carbocycles. The maximum atomic E-state index is 5.16. The summed E-state index contributed by atoms with van der Waals surface area (Å²) in [5.41, 5.74) is 30.2. The van der Waals surface area contributed by atoms with Gasteiger partial charge in [0.2, 0.25) is 0 Å². The van der Waals surface area contributed by atoms with Crippen molar-refractivity contribution in [2.24, 2.45) is 46.1 Å². The molecule has 110 valence electrons. The second-order valence-corrected chi connectivity index (χ2v) is 2.79. The molecule has 0 spiro atoms. The molecular formula is C9H34N8. The van der Waals surface area contributed by atoms with Gasteiger partial charge in [0.05, 0.1) is 0 Å². The summed E-state index contributed by atoms with van der Waals surface area (Å²) in [7, 11) is 0. The summed E-state index contributed by atoms with van der Waals surface area (Å²) in [6.07, 6.45) is 3.08. The smallest absolute Gasteiger partial charge is 0.00461 e. The highest BCUT2D eigenvalue weighted by atomic mass is 15.0. The van der Waals surface area contributed by atoms with Gasteiger partial charge < -0.3 is 34.4 Å². The second kappa shape index (κ2) is 44.8. The largest absolute Gasteiger partial charge is 0.330 e. The fourth-order valence-corrected chi connectivity index (χ4v) is 0.407. The van der Waals surface area contributed by atoms with Gasteiger partial charge in [-0.3, -0.25) is 11.7 Å². The topological polar surface area (TPSA) is 208 Å². The van der Waals surface area contributed by atoms with Crippen LogP contribution in [-0.4, -0.2) is 39.3 Å². The maximum Gasteiger partial charge on any atom is 0.00461 e. The van der Waals surface area contributed by atoms with Crippen molar-refractivity contribution in [3.63, 3.8) is 0 Å². The van der Waals surface area contributed by atoms with Gasteiger partial charge in [0.25, 0.3) is 0 Å². The van der Waals surface area contributed by atoms with Gasteiger partial charge in [-0.25, -0.2) is 0 Å². The predicted octanol–water partition coefficient (Wildman–Crippen LogP) is -3.30. The highest BCUT2D eigenvalue weighted by Gasteiger charge is 1.75. The first kappa shape index (κ1) is 25.5. The molecule has 0 radical (unpaired) electrons. The first-order valence-electron chi connectivity index (χ1n) is 5.78. The van der Waals surface area contributed by atoms with Crippen molar-refractivity contribution in [2.75, 3.05) is 39.3 Å². The minimum Gasteiger partial charge on any atom is -0.330 e. The molecule has 8 heteroatoms. The van der Waals surface area contributed by atoms with Crippen LogP contribution in [0.2, 0.25) is 0 Å². The van der Waals surface area contributed by atoms with E-state index in [-0.39, 0.29) is 0 Å². The van der Waals surface area contributed by atoms with Crippen molar-refractivity contribution < 1.29 is 0 Å². The monoisotopic (exact) mass is 254 g/mol. The lowest BCUT2D eigenvalue weighted by Gasteiger charge is -1.87. The van der Waals surface area contributed by atoms with Crippen LogP contribution in [0, 0.1) is 0 Å². The molecule has 16 N–H and O–H groups in total. The molecule has 0 saturated heterocycles. The van der Waals surface area contributed by atoms with Crippen LogP contribution in [0.1, 0.15) is 19.3 Å². The lowest BCUT2D eigenvalue weighted by Crippen LogP contribution is -2.11. The van der Waals surface area contributed by atoms with Crippen LogP contribution in [0.15, 0.2) is 0 Å². The SMILES string of the molecule is NCCCCN.NCCCN.NCCN.NN. The third-order valence-corrected chi connectivity index (χ3v) is 1.23. The Morgan fingerprint density at radius 2 is 0.588 bits per heavy atom. The van der Waals surface area contributed by atoms with Crippen LogP contribution in [0.5, 0.6) is 0 Å². The third kappa shape index (κ3) is 91.0. The fourth-order valence-electron chi connectivity index (χ4n) is 0.407. The molecule has 0 aromatic rings. The van der Waals surface area contributed by atoms with Crippen LogP contribution in [-0.2, 0) is 0 Å². The summed E-state index contributed by atoms with van der Waals surface area (Å²) in [6, 6.07) is 0. The van der Waals surface area contributed by atoms with Crippen molar-refractivity contribution >= 4 is 0 Å². The number of rotatable bonds is 6. The summed E-state index contributed by atoms with van der Waals surface area (Å²) in [4.78, 5) is 0. The van der Waals surface area contributed by atoms with Gasteiger partial charge in [-0.1, -0.05) is 0 Å².